The van der Waals surface area contributed by atoms with Gasteiger partial charge in [-0.05, 0) is 46.5 Å². The van der Waals surface area contributed by atoms with Crippen LogP contribution in [0, 0.1) is 0 Å². The quantitative estimate of drug-likeness (QED) is 0.909. The molecule has 0 spiro atoms. The summed E-state index contributed by atoms with van der Waals surface area (Å²) < 4.78 is 5.91. The van der Waals surface area contributed by atoms with E-state index in [1.165, 1.54) is 18.4 Å². The van der Waals surface area contributed by atoms with Crippen LogP contribution in [0.15, 0.2) is 27.3 Å². The highest BCUT2D eigenvalue weighted by molar-refractivity contribution is 9.10. The van der Waals surface area contributed by atoms with E-state index in [1.807, 2.05) is 6.07 Å². The summed E-state index contributed by atoms with van der Waals surface area (Å²) in [6, 6.07) is 6.20. The lowest BCUT2D eigenvalue weighted by Crippen LogP contribution is -2.19. The van der Waals surface area contributed by atoms with Gasteiger partial charge in [-0.2, -0.15) is 0 Å². The SMILES string of the molecule is NCC1(c2ccc3onc(Br)c3c2)CC1. The highest BCUT2D eigenvalue weighted by Crippen LogP contribution is 2.48. The van der Waals surface area contributed by atoms with Crippen LogP contribution in [-0.4, -0.2) is 11.7 Å². The Morgan fingerprint density at radius 2 is 2.27 bits per heavy atom. The highest BCUT2D eigenvalue weighted by atomic mass is 79.9. The molecule has 4 heteroatoms. The molecular weight excluding hydrogens is 256 g/mol. The Hall–Kier alpha value is -0.870. The lowest BCUT2D eigenvalue weighted by Gasteiger charge is -2.11. The van der Waals surface area contributed by atoms with Gasteiger partial charge in [0.2, 0.25) is 0 Å². The van der Waals surface area contributed by atoms with Crippen molar-refractivity contribution in [2.75, 3.05) is 6.54 Å². The van der Waals surface area contributed by atoms with E-state index in [4.69, 9.17) is 10.3 Å². The fourth-order valence-electron chi connectivity index (χ4n) is 2.00. The zero-order chi connectivity index (χ0) is 10.5. The minimum Gasteiger partial charge on any atom is -0.355 e. The van der Waals surface area contributed by atoms with Gasteiger partial charge in [-0.25, -0.2) is 0 Å². The second-order valence-electron chi connectivity index (χ2n) is 4.17. The van der Waals surface area contributed by atoms with Crippen molar-refractivity contribution in [3.63, 3.8) is 0 Å². The number of benzene rings is 1. The Morgan fingerprint density at radius 3 is 2.93 bits per heavy atom. The van der Waals surface area contributed by atoms with Gasteiger partial charge >= 0.3 is 0 Å². The molecule has 1 aromatic heterocycles. The topological polar surface area (TPSA) is 52.0 Å². The van der Waals surface area contributed by atoms with Crippen molar-refractivity contribution >= 4 is 26.9 Å². The molecule has 2 N–H and O–H groups in total. The molecule has 1 heterocycles. The molecule has 0 bridgehead atoms. The summed E-state index contributed by atoms with van der Waals surface area (Å²) in [5.41, 5.74) is 8.16. The van der Waals surface area contributed by atoms with E-state index in [0.717, 1.165) is 22.1 Å². The average molecular weight is 267 g/mol. The van der Waals surface area contributed by atoms with Crippen LogP contribution in [0.1, 0.15) is 18.4 Å². The predicted octanol–water partition coefficient (Wildman–Crippen LogP) is 2.58. The van der Waals surface area contributed by atoms with E-state index < -0.39 is 0 Å². The third-order valence-corrected chi connectivity index (χ3v) is 3.85. The molecular formula is C11H11BrN2O. The first-order valence-corrected chi connectivity index (χ1v) is 5.80. The predicted molar refractivity (Wildman–Crippen MR) is 61.7 cm³/mol. The number of nitrogens with two attached hydrogens (primary N) is 1. The second kappa shape index (κ2) is 3.06. The van der Waals surface area contributed by atoms with Crippen LogP contribution in [-0.2, 0) is 5.41 Å². The van der Waals surface area contributed by atoms with Crippen molar-refractivity contribution < 1.29 is 4.52 Å². The van der Waals surface area contributed by atoms with E-state index in [-0.39, 0.29) is 5.41 Å². The van der Waals surface area contributed by atoms with E-state index in [9.17, 15) is 0 Å². The van der Waals surface area contributed by atoms with Crippen molar-refractivity contribution in [1.29, 1.82) is 0 Å². The molecule has 2 aromatic rings. The minimum atomic E-state index is 0.227. The number of halogens is 1. The zero-order valence-electron chi connectivity index (χ0n) is 8.16. The normalized spacial score (nSPS) is 18.3. The fourth-order valence-corrected chi connectivity index (χ4v) is 2.38. The largest absolute Gasteiger partial charge is 0.355 e. The van der Waals surface area contributed by atoms with Crippen LogP contribution in [0.3, 0.4) is 0 Å². The summed E-state index contributed by atoms with van der Waals surface area (Å²) >= 11 is 3.37. The maximum absolute atomic E-state index is 5.81. The van der Waals surface area contributed by atoms with Crippen molar-refractivity contribution in [1.82, 2.24) is 5.16 Å². The zero-order valence-corrected chi connectivity index (χ0v) is 9.75. The molecule has 0 unspecified atom stereocenters. The Kier molecular flexibility index (Phi) is 1.91. The number of aromatic nitrogens is 1. The van der Waals surface area contributed by atoms with E-state index >= 15 is 0 Å². The number of fused-ring (bicyclic) bond motifs is 1. The Bertz CT molecular complexity index is 516. The highest BCUT2D eigenvalue weighted by Gasteiger charge is 2.42. The van der Waals surface area contributed by atoms with E-state index in [0.29, 0.717) is 0 Å². The van der Waals surface area contributed by atoms with Crippen molar-refractivity contribution in [3.05, 3.63) is 28.4 Å². The number of hydrogen-bond acceptors (Lipinski definition) is 3. The first-order chi connectivity index (χ1) is 7.25. The van der Waals surface area contributed by atoms with Gasteiger partial charge in [0.05, 0.1) is 5.39 Å². The molecule has 1 saturated carbocycles. The minimum absolute atomic E-state index is 0.227. The lowest BCUT2D eigenvalue weighted by molar-refractivity contribution is 0.451. The fraction of sp³-hybridized carbons (Fsp3) is 0.364. The molecule has 1 fully saturated rings. The van der Waals surface area contributed by atoms with Crippen LogP contribution < -0.4 is 5.73 Å². The molecule has 78 valence electrons. The van der Waals surface area contributed by atoms with Gasteiger partial charge in [0.15, 0.2) is 10.2 Å². The molecule has 0 amide bonds. The van der Waals surface area contributed by atoms with Crippen LogP contribution in [0.25, 0.3) is 11.0 Å². The van der Waals surface area contributed by atoms with Gasteiger partial charge in [0.1, 0.15) is 0 Å². The maximum atomic E-state index is 5.81. The van der Waals surface area contributed by atoms with Crippen LogP contribution in [0.5, 0.6) is 0 Å². The average Bonchev–Trinajstić information content (AvgIpc) is 2.99. The first kappa shape index (κ1) is 9.36. The molecule has 3 rings (SSSR count). The van der Waals surface area contributed by atoms with E-state index in [2.05, 4.69) is 33.2 Å². The van der Waals surface area contributed by atoms with Gasteiger partial charge in [0.25, 0.3) is 0 Å². The molecule has 0 aliphatic heterocycles. The van der Waals surface area contributed by atoms with Crippen LogP contribution in [0.2, 0.25) is 0 Å². The summed E-state index contributed by atoms with van der Waals surface area (Å²) in [5, 5.41) is 4.91. The molecule has 1 aliphatic carbocycles. The summed E-state index contributed by atoms with van der Waals surface area (Å²) in [6.07, 6.45) is 2.38. The van der Waals surface area contributed by atoms with Crippen LogP contribution in [0.4, 0.5) is 0 Å². The monoisotopic (exact) mass is 266 g/mol. The lowest BCUT2D eigenvalue weighted by atomic mass is 9.95. The third kappa shape index (κ3) is 1.32. The molecule has 3 nitrogen and oxygen atoms in total. The second-order valence-corrected chi connectivity index (χ2v) is 4.92. The molecule has 0 radical (unpaired) electrons. The first-order valence-electron chi connectivity index (χ1n) is 5.01. The number of rotatable bonds is 2. The van der Waals surface area contributed by atoms with Crippen molar-refractivity contribution in [3.8, 4) is 0 Å². The standard InChI is InChI=1S/C11H11BrN2O/c12-10-8-5-7(11(6-13)3-4-11)1-2-9(8)15-14-10/h1-2,5H,3-4,6,13H2. The Labute approximate surface area is 95.7 Å². The summed E-state index contributed by atoms with van der Waals surface area (Å²) in [6.45, 7) is 0.724. The third-order valence-electron chi connectivity index (χ3n) is 3.28. The summed E-state index contributed by atoms with van der Waals surface area (Å²) in [4.78, 5) is 0. The Morgan fingerprint density at radius 1 is 1.47 bits per heavy atom. The molecule has 0 atom stereocenters. The van der Waals surface area contributed by atoms with Crippen LogP contribution >= 0.6 is 15.9 Å². The summed E-state index contributed by atoms with van der Waals surface area (Å²) in [5.74, 6) is 0. The smallest absolute Gasteiger partial charge is 0.168 e. The number of hydrogen-bond donors (Lipinski definition) is 1. The van der Waals surface area contributed by atoms with Crippen molar-refractivity contribution in [2.45, 2.75) is 18.3 Å². The molecule has 1 aliphatic rings. The van der Waals surface area contributed by atoms with Gasteiger partial charge < -0.3 is 10.3 Å². The Balaban J connectivity index is 2.17. The van der Waals surface area contributed by atoms with Gasteiger partial charge in [-0.1, -0.05) is 11.2 Å². The van der Waals surface area contributed by atoms with E-state index in [1.54, 1.807) is 0 Å². The van der Waals surface area contributed by atoms with Gasteiger partial charge in [-0.15, -0.1) is 0 Å². The molecule has 0 saturated heterocycles. The van der Waals surface area contributed by atoms with Crippen molar-refractivity contribution in [2.24, 2.45) is 5.73 Å². The summed E-state index contributed by atoms with van der Waals surface area (Å²) in [7, 11) is 0. The molecule has 1 aromatic carbocycles. The van der Waals surface area contributed by atoms with Gasteiger partial charge in [-0.3, -0.25) is 0 Å². The molecule has 15 heavy (non-hydrogen) atoms. The maximum Gasteiger partial charge on any atom is 0.168 e. The number of nitrogens with zero attached hydrogens (tertiary/aromatic N) is 1. The van der Waals surface area contributed by atoms with Gasteiger partial charge in [0, 0.05) is 12.0 Å².